The van der Waals surface area contributed by atoms with Gasteiger partial charge in [-0.2, -0.15) is 0 Å². The van der Waals surface area contributed by atoms with E-state index < -0.39 is 0 Å². The monoisotopic (exact) mass is 237 g/mol. The SMILES string of the molecule is CSc1ccc(NCCC2CCCO2)cc1. The fraction of sp³-hybridized carbons (Fsp3) is 0.538. The number of anilines is 1. The molecule has 0 aromatic heterocycles. The lowest BCUT2D eigenvalue weighted by molar-refractivity contribution is 0.107. The van der Waals surface area contributed by atoms with Gasteiger partial charge in [0.05, 0.1) is 6.10 Å². The average Bonchev–Trinajstić information content (AvgIpc) is 2.83. The maximum absolute atomic E-state index is 5.58. The predicted molar refractivity (Wildman–Crippen MR) is 70.3 cm³/mol. The van der Waals surface area contributed by atoms with Crippen LogP contribution in [0.5, 0.6) is 0 Å². The molecular formula is C13H19NOS. The van der Waals surface area contributed by atoms with Gasteiger partial charge in [0, 0.05) is 23.7 Å². The van der Waals surface area contributed by atoms with Crippen LogP contribution < -0.4 is 5.32 Å². The highest BCUT2D eigenvalue weighted by Crippen LogP contribution is 2.18. The van der Waals surface area contributed by atoms with Crippen molar-refractivity contribution in [2.75, 3.05) is 24.7 Å². The van der Waals surface area contributed by atoms with Crippen molar-refractivity contribution in [3.63, 3.8) is 0 Å². The normalized spacial score (nSPS) is 19.9. The predicted octanol–water partition coefficient (Wildman–Crippen LogP) is 3.39. The molecule has 1 saturated heterocycles. The molecule has 1 unspecified atom stereocenters. The lowest BCUT2D eigenvalue weighted by atomic mass is 10.2. The molecule has 3 heteroatoms. The molecule has 0 spiro atoms. The molecule has 88 valence electrons. The molecule has 0 aliphatic carbocycles. The van der Waals surface area contributed by atoms with Crippen molar-refractivity contribution in [1.29, 1.82) is 0 Å². The van der Waals surface area contributed by atoms with E-state index >= 15 is 0 Å². The van der Waals surface area contributed by atoms with Crippen molar-refractivity contribution >= 4 is 17.4 Å². The Morgan fingerprint density at radius 3 is 2.81 bits per heavy atom. The highest BCUT2D eigenvalue weighted by atomic mass is 32.2. The van der Waals surface area contributed by atoms with Crippen LogP contribution in [0.3, 0.4) is 0 Å². The van der Waals surface area contributed by atoms with Crippen LogP contribution in [0.1, 0.15) is 19.3 Å². The smallest absolute Gasteiger partial charge is 0.0592 e. The van der Waals surface area contributed by atoms with Gasteiger partial charge in [0.25, 0.3) is 0 Å². The number of thioether (sulfide) groups is 1. The Labute approximate surface area is 102 Å². The summed E-state index contributed by atoms with van der Waals surface area (Å²) in [5.74, 6) is 0. The molecule has 0 bridgehead atoms. The highest BCUT2D eigenvalue weighted by molar-refractivity contribution is 7.98. The van der Waals surface area contributed by atoms with E-state index in [1.165, 1.54) is 23.4 Å². The molecule has 0 radical (unpaired) electrons. The van der Waals surface area contributed by atoms with Gasteiger partial charge in [-0.25, -0.2) is 0 Å². The van der Waals surface area contributed by atoms with Gasteiger partial charge in [-0.1, -0.05) is 0 Å². The van der Waals surface area contributed by atoms with Crippen molar-refractivity contribution in [2.45, 2.75) is 30.3 Å². The number of ether oxygens (including phenoxy) is 1. The Morgan fingerprint density at radius 1 is 1.38 bits per heavy atom. The van der Waals surface area contributed by atoms with Crippen LogP contribution in [0.4, 0.5) is 5.69 Å². The first kappa shape index (κ1) is 11.8. The lowest BCUT2D eigenvalue weighted by Crippen LogP contribution is -2.12. The van der Waals surface area contributed by atoms with E-state index in [1.54, 1.807) is 11.8 Å². The van der Waals surface area contributed by atoms with Gasteiger partial charge in [-0.15, -0.1) is 11.8 Å². The zero-order valence-corrected chi connectivity index (χ0v) is 10.6. The summed E-state index contributed by atoms with van der Waals surface area (Å²) in [4.78, 5) is 1.31. The summed E-state index contributed by atoms with van der Waals surface area (Å²) in [6, 6.07) is 8.58. The number of hydrogen-bond donors (Lipinski definition) is 1. The van der Waals surface area contributed by atoms with Crippen LogP contribution in [0.15, 0.2) is 29.2 Å². The first-order chi connectivity index (χ1) is 7.88. The second kappa shape index (κ2) is 6.16. The van der Waals surface area contributed by atoms with E-state index in [0.717, 1.165) is 19.6 Å². The van der Waals surface area contributed by atoms with Crippen molar-refractivity contribution < 1.29 is 4.74 Å². The molecule has 1 fully saturated rings. The average molecular weight is 237 g/mol. The molecule has 1 aromatic rings. The van der Waals surface area contributed by atoms with Gasteiger partial charge in [0.2, 0.25) is 0 Å². The quantitative estimate of drug-likeness (QED) is 0.793. The van der Waals surface area contributed by atoms with Gasteiger partial charge in [0.15, 0.2) is 0 Å². The first-order valence-corrected chi connectivity index (χ1v) is 7.10. The third-order valence-corrected chi connectivity index (χ3v) is 3.65. The Bertz CT molecular complexity index is 306. The number of nitrogens with one attached hydrogen (secondary N) is 1. The topological polar surface area (TPSA) is 21.3 Å². The second-order valence-corrected chi connectivity index (χ2v) is 4.96. The second-order valence-electron chi connectivity index (χ2n) is 4.08. The molecular weight excluding hydrogens is 218 g/mol. The van der Waals surface area contributed by atoms with Crippen LogP contribution >= 0.6 is 11.8 Å². The molecule has 0 amide bonds. The minimum Gasteiger partial charge on any atom is -0.385 e. The summed E-state index contributed by atoms with van der Waals surface area (Å²) in [6.07, 6.45) is 6.16. The Kier molecular flexibility index (Phi) is 4.55. The maximum Gasteiger partial charge on any atom is 0.0592 e. The van der Waals surface area contributed by atoms with Crippen molar-refractivity contribution in [1.82, 2.24) is 0 Å². The highest BCUT2D eigenvalue weighted by Gasteiger charge is 2.14. The third-order valence-electron chi connectivity index (χ3n) is 2.91. The first-order valence-electron chi connectivity index (χ1n) is 5.88. The Hall–Kier alpha value is -0.670. The summed E-state index contributed by atoms with van der Waals surface area (Å²) in [6.45, 7) is 1.95. The zero-order valence-electron chi connectivity index (χ0n) is 9.74. The fourth-order valence-electron chi connectivity index (χ4n) is 1.96. The Balaban J connectivity index is 1.71. The Morgan fingerprint density at radius 2 is 2.19 bits per heavy atom. The van der Waals surface area contributed by atoms with Crippen molar-refractivity contribution in [2.24, 2.45) is 0 Å². The van der Waals surface area contributed by atoms with E-state index in [1.807, 2.05) is 0 Å². The molecule has 1 atom stereocenters. The molecule has 1 aliphatic rings. The van der Waals surface area contributed by atoms with Gasteiger partial charge < -0.3 is 10.1 Å². The van der Waals surface area contributed by atoms with E-state index in [4.69, 9.17) is 4.74 Å². The summed E-state index contributed by atoms with van der Waals surface area (Å²) in [5.41, 5.74) is 1.20. The molecule has 1 N–H and O–H groups in total. The summed E-state index contributed by atoms with van der Waals surface area (Å²) in [7, 11) is 0. The fourth-order valence-corrected chi connectivity index (χ4v) is 2.37. The van der Waals surface area contributed by atoms with Crippen LogP contribution in [-0.2, 0) is 4.74 Å². The number of benzene rings is 1. The largest absolute Gasteiger partial charge is 0.385 e. The minimum absolute atomic E-state index is 0.484. The lowest BCUT2D eigenvalue weighted by Gasteiger charge is -2.11. The number of hydrogen-bond acceptors (Lipinski definition) is 3. The van der Waals surface area contributed by atoms with Crippen LogP contribution in [0, 0.1) is 0 Å². The zero-order chi connectivity index (χ0) is 11.2. The third kappa shape index (κ3) is 3.42. The van der Waals surface area contributed by atoms with Crippen LogP contribution in [-0.4, -0.2) is 25.5 Å². The van der Waals surface area contributed by atoms with Gasteiger partial charge in [-0.3, -0.25) is 0 Å². The van der Waals surface area contributed by atoms with Gasteiger partial charge >= 0.3 is 0 Å². The maximum atomic E-state index is 5.58. The summed E-state index contributed by atoms with van der Waals surface area (Å²) >= 11 is 1.77. The van der Waals surface area contributed by atoms with Crippen LogP contribution in [0.25, 0.3) is 0 Å². The molecule has 2 nitrogen and oxygen atoms in total. The number of rotatable bonds is 5. The van der Waals surface area contributed by atoms with Crippen molar-refractivity contribution in [3.05, 3.63) is 24.3 Å². The molecule has 2 rings (SSSR count). The van der Waals surface area contributed by atoms with E-state index in [9.17, 15) is 0 Å². The summed E-state index contributed by atoms with van der Waals surface area (Å²) < 4.78 is 5.58. The van der Waals surface area contributed by atoms with Crippen LogP contribution in [0.2, 0.25) is 0 Å². The minimum atomic E-state index is 0.484. The molecule has 0 saturated carbocycles. The van der Waals surface area contributed by atoms with E-state index in [2.05, 4.69) is 35.8 Å². The van der Waals surface area contributed by atoms with E-state index in [-0.39, 0.29) is 0 Å². The molecule has 1 aliphatic heterocycles. The molecule has 1 heterocycles. The van der Waals surface area contributed by atoms with E-state index in [0.29, 0.717) is 6.10 Å². The van der Waals surface area contributed by atoms with Gasteiger partial charge in [-0.05, 0) is 49.8 Å². The van der Waals surface area contributed by atoms with Gasteiger partial charge in [0.1, 0.15) is 0 Å². The molecule has 1 aromatic carbocycles. The molecule has 16 heavy (non-hydrogen) atoms. The standard InChI is InChI=1S/C13H19NOS/c1-16-13-6-4-11(5-7-13)14-9-8-12-3-2-10-15-12/h4-7,12,14H,2-3,8-10H2,1H3. The van der Waals surface area contributed by atoms with Crippen molar-refractivity contribution in [3.8, 4) is 0 Å². The summed E-state index contributed by atoms with van der Waals surface area (Å²) in [5, 5.41) is 3.43.